The van der Waals surface area contributed by atoms with Crippen molar-refractivity contribution in [2.75, 3.05) is 44.0 Å². The second kappa shape index (κ2) is 9.72. The van der Waals surface area contributed by atoms with Gasteiger partial charge in [0.15, 0.2) is 5.16 Å². The van der Waals surface area contributed by atoms with Crippen LogP contribution < -0.4 is 10.1 Å². The zero-order valence-corrected chi connectivity index (χ0v) is 16.5. The molecule has 1 aromatic carbocycles. The van der Waals surface area contributed by atoms with Gasteiger partial charge in [0.1, 0.15) is 11.6 Å². The fourth-order valence-corrected chi connectivity index (χ4v) is 3.47. The van der Waals surface area contributed by atoms with E-state index < -0.39 is 0 Å². The van der Waals surface area contributed by atoms with Gasteiger partial charge in [-0.15, -0.1) is 10.2 Å². The summed E-state index contributed by atoms with van der Waals surface area (Å²) in [5.74, 6) is 1.71. The molecule has 1 aliphatic heterocycles. The number of nitrogens with zero attached hydrogens (tertiary/aromatic N) is 4. The second-order valence-corrected chi connectivity index (χ2v) is 7.05. The highest BCUT2D eigenvalue weighted by Gasteiger charge is 2.17. The van der Waals surface area contributed by atoms with Crippen LogP contribution in [0.15, 0.2) is 29.4 Å². The van der Waals surface area contributed by atoms with Crippen molar-refractivity contribution >= 4 is 23.4 Å². The molecule has 0 saturated carbocycles. The second-order valence-electron chi connectivity index (χ2n) is 6.11. The summed E-state index contributed by atoms with van der Waals surface area (Å²) in [6, 6.07) is 7.42. The van der Waals surface area contributed by atoms with Gasteiger partial charge >= 0.3 is 0 Å². The molecule has 1 aliphatic rings. The van der Waals surface area contributed by atoms with Crippen molar-refractivity contribution in [3.05, 3.63) is 30.1 Å². The van der Waals surface area contributed by atoms with Crippen LogP contribution in [-0.2, 0) is 23.1 Å². The van der Waals surface area contributed by atoms with Gasteiger partial charge in [-0.2, -0.15) is 0 Å². The molecule has 0 aliphatic carbocycles. The van der Waals surface area contributed by atoms with Crippen LogP contribution >= 0.6 is 11.8 Å². The molecule has 0 bridgehead atoms. The van der Waals surface area contributed by atoms with Crippen molar-refractivity contribution in [1.29, 1.82) is 0 Å². The van der Waals surface area contributed by atoms with Crippen molar-refractivity contribution in [2.45, 2.75) is 18.6 Å². The number of amides is 1. The molecule has 1 amide bonds. The number of para-hydroxylation sites is 2. The number of benzene rings is 1. The first-order valence-corrected chi connectivity index (χ1v) is 9.98. The number of hydrogen-bond acceptors (Lipinski definition) is 7. The number of anilines is 1. The van der Waals surface area contributed by atoms with E-state index in [2.05, 4.69) is 20.4 Å². The Morgan fingerprint density at radius 1 is 1.30 bits per heavy atom. The molecule has 27 heavy (non-hydrogen) atoms. The molecule has 8 nitrogen and oxygen atoms in total. The van der Waals surface area contributed by atoms with Gasteiger partial charge in [-0.05, 0) is 19.1 Å². The average Bonchev–Trinajstić information content (AvgIpc) is 3.02. The summed E-state index contributed by atoms with van der Waals surface area (Å²) in [5, 5.41) is 12.1. The van der Waals surface area contributed by atoms with E-state index in [-0.39, 0.29) is 11.7 Å². The van der Waals surface area contributed by atoms with Crippen LogP contribution in [0.25, 0.3) is 0 Å². The predicted molar refractivity (Wildman–Crippen MR) is 104 cm³/mol. The third kappa shape index (κ3) is 5.44. The van der Waals surface area contributed by atoms with Crippen LogP contribution in [0.3, 0.4) is 0 Å². The number of ether oxygens (including phenoxy) is 2. The minimum atomic E-state index is -0.107. The van der Waals surface area contributed by atoms with Crippen molar-refractivity contribution in [2.24, 2.45) is 7.05 Å². The monoisotopic (exact) mass is 391 g/mol. The molecule has 0 spiro atoms. The highest BCUT2D eigenvalue weighted by molar-refractivity contribution is 7.99. The standard InChI is InChI=1S/C18H25N5O3S/c1-3-26-15-7-5-4-6-14(15)19-17(24)13-27-18-21-20-16(22(18)2)12-23-8-10-25-11-9-23/h4-7H,3,8-13H2,1-2H3,(H,19,24). The smallest absolute Gasteiger partial charge is 0.234 e. The number of carbonyl (C=O) groups is 1. The van der Waals surface area contributed by atoms with Gasteiger partial charge in [0, 0.05) is 20.1 Å². The Morgan fingerprint density at radius 2 is 2.07 bits per heavy atom. The largest absolute Gasteiger partial charge is 0.492 e. The fraction of sp³-hybridized carbons (Fsp3) is 0.500. The summed E-state index contributed by atoms with van der Waals surface area (Å²) in [4.78, 5) is 14.6. The third-order valence-electron chi connectivity index (χ3n) is 4.19. The molecule has 2 heterocycles. The highest BCUT2D eigenvalue weighted by Crippen LogP contribution is 2.24. The summed E-state index contributed by atoms with van der Waals surface area (Å²) in [6.45, 7) is 6.50. The molecule has 0 unspecified atom stereocenters. The number of thioether (sulfide) groups is 1. The van der Waals surface area contributed by atoms with Gasteiger partial charge in [0.05, 0.1) is 37.8 Å². The SMILES string of the molecule is CCOc1ccccc1NC(=O)CSc1nnc(CN2CCOCC2)n1C. The number of nitrogens with one attached hydrogen (secondary N) is 1. The van der Waals surface area contributed by atoms with Crippen LogP contribution in [-0.4, -0.2) is 64.2 Å². The molecule has 1 N–H and O–H groups in total. The Bertz CT molecular complexity index is 761. The summed E-state index contributed by atoms with van der Waals surface area (Å²) < 4.78 is 12.8. The number of morpholine rings is 1. The minimum Gasteiger partial charge on any atom is -0.492 e. The molecular weight excluding hydrogens is 366 g/mol. The number of aromatic nitrogens is 3. The van der Waals surface area contributed by atoms with Crippen molar-refractivity contribution in [3.63, 3.8) is 0 Å². The summed E-state index contributed by atoms with van der Waals surface area (Å²) >= 11 is 1.37. The van der Waals surface area contributed by atoms with Gasteiger partial charge < -0.3 is 19.4 Å². The molecule has 2 aromatic rings. The molecular formula is C18H25N5O3S. The van der Waals surface area contributed by atoms with Crippen molar-refractivity contribution in [3.8, 4) is 5.75 Å². The Hall–Kier alpha value is -2.10. The third-order valence-corrected chi connectivity index (χ3v) is 5.21. The van der Waals surface area contributed by atoms with Crippen LogP contribution in [0.5, 0.6) is 5.75 Å². The minimum absolute atomic E-state index is 0.107. The van der Waals surface area contributed by atoms with E-state index in [1.54, 1.807) is 0 Å². The first kappa shape index (κ1) is 19.7. The highest BCUT2D eigenvalue weighted by atomic mass is 32.2. The molecule has 1 aromatic heterocycles. The zero-order valence-electron chi connectivity index (χ0n) is 15.7. The van der Waals surface area contributed by atoms with E-state index in [4.69, 9.17) is 9.47 Å². The molecule has 1 saturated heterocycles. The van der Waals surface area contributed by atoms with Crippen LogP contribution in [0.1, 0.15) is 12.7 Å². The normalized spacial score (nSPS) is 14.9. The Morgan fingerprint density at radius 3 is 2.85 bits per heavy atom. The Labute approximate surface area is 163 Å². The van der Waals surface area contributed by atoms with Crippen LogP contribution in [0, 0.1) is 0 Å². The quantitative estimate of drug-likeness (QED) is 0.687. The molecule has 3 rings (SSSR count). The van der Waals surface area contributed by atoms with Gasteiger partial charge in [-0.25, -0.2) is 0 Å². The maximum absolute atomic E-state index is 12.3. The first-order valence-electron chi connectivity index (χ1n) is 9.00. The van der Waals surface area contributed by atoms with E-state index in [0.29, 0.717) is 18.0 Å². The number of rotatable bonds is 8. The molecule has 0 atom stereocenters. The van der Waals surface area contributed by atoms with Crippen LogP contribution in [0.4, 0.5) is 5.69 Å². The lowest BCUT2D eigenvalue weighted by Crippen LogP contribution is -2.36. The van der Waals surface area contributed by atoms with E-state index in [9.17, 15) is 4.79 Å². The van der Waals surface area contributed by atoms with E-state index in [0.717, 1.165) is 43.8 Å². The van der Waals surface area contributed by atoms with Gasteiger partial charge in [0.2, 0.25) is 5.91 Å². The van der Waals surface area contributed by atoms with E-state index in [1.807, 2.05) is 42.8 Å². The number of hydrogen-bond donors (Lipinski definition) is 1. The molecule has 1 fully saturated rings. The average molecular weight is 391 g/mol. The zero-order chi connectivity index (χ0) is 19.1. The number of carbonyl (C=O) groups excluding carboxylic acids is 1. The van der Waals surface area contributed by atoms with Crippen molar-refractivity contribution in [1.82, 2.24) is 19.7 Å². The van der Waals surface area contributed by atoms with Gasteiger partial charge in [0.25, 0.3) is 0 Å². The lowest BCUT2D eigenvalue weighted by molar-refractivity contribution is -0.113. The van der Waals surface area contributed by atoms with Crippen LogP contribution in [0.2, 0.25) is 0 Å². The molecule has 9 heteroatoms. The Balaban J connectivity index is 1.53. The lowest BCUT2D eigenvalue weighted by atomic mass is 10.3. The van der Waals surface area contributed by atoms with Crippen molar-refractivity contribution < 1.29 is 14.3 Å². The topological polar surface area (TPSA) is 81.5 Å². The summed E-state index contributed by atoms with van der Waals surface area (Å²) in [5.41, 5.74) is 0.677. The first-order chi connectivity index (χ1) is 13.2. The summed E-state index contributed by atoms with van der Waals surface area (Å²) in [6.07, 6.45) is 0. The van der Waals surface area contributed by atoms with Gasteiger partial charge in [-0.3, -0.25) is 9.69 Å². The molecule has 0 radical (unpaired) electrons. The molecule has 146 valence electrons. The lowest BCUT2D eigenvalue weighted by Gasteiger charge is -2.25. The van der Waals surface area contributed by atoms with E-state index in [1.165, 1.54) is 11.8 Å². The maximum atomic E-state index is 12.3. The van der Waals surface area contributed by atoms with Gasteiger partial charge in [-0.1, -0.05) is 23.9 Å². The van der Waals surface area contributed by atoms with E-state index >= 15 is 0 Å². The maximum Gasteiger partial charge on any atom is 0.234 e. The fourth-order valence-electron chi connectivity index (χ4n) is 2.74. The summed E-state index contributed by atoms with van der Waals surface area (Å²) in [7, 11) is 1.93. The Kier molecular flexibility index (Phi) is 7.08. The predicted octanol–water partition coefficient (Wildman–Crippen LogP) is 1.78.